The monoisotopic (exact) mass is 300 g/mol. The molecule has 1 fully saturated rings. The van der Waals surface area contributed by atoms with Crippen LogP contribution in [0.5, 0.6) is 0 Å². The van der Waals surface area contributed by atoms with Gasteiger partial charge in [-0.3, -0.25) is 4.90 Å². The summed E-state index contributed by atoms with van der Waals surface area (Å²) in [6, 6.07) is 6.34. The minimum absolute atomic E-state index is 0.615. The van der Waals surface area contributed by atoms with Gasteiger partial charge >= 0.3 is 0 Å². The molecule has 19 heavy (non-hydrogen) atoms. The minimum Gasteiger partial charge on any atom is -0.315 e. The Kier molecular flexibility index (Phi) is 5.96. The molecule has 2 nitrogen and oxygen atoms in total. The van der Waals surface area contributed by atoms with Gasteiger partial charge in [0.05, 0.1) is 0 Å². The summed E-state index contributed by atoms with van der Waals surface area (Å²) in [6.07, 6.45) is 3.88. The van der Waals surface area contributed by atoms with E-state index in [9.17, 15) is 0 Å². The second-order valence-electron chi connectivity index (χ2n) is 5.16. The summed E-state index contributed by atoms with van der Waals surface area (Å²) in [5.41, 5.74) is 1.14. The molecule has 0 spiro atoms. The molecule has 0 aliphatic carbocycles. The second-order valence-corrected chi connectivity index (χ2v) is 6.01. The number of halogens is 2. The Balaban J connectivity index is 2.04. The molecule has 1 heterocycles. The van der Waals surface area contributed by atoms with Gasteiger partial charge in [0.2, 0.25) is 0 Å². The smallest absolute Gasteiger partial charge is 0.0452 e. The van der Waals surface area contributed by atoms with Crippen molar-refractivity contribution in [3.05, 3.63) is 33.8 Å². The average molecular weight is 301 g/mol. The molecular formula is C15H22Cl2N2. The van der Waals surface area contributed by atoms with Crippen molar-refractivity contribution in [2.45, 2.75) is 38.8 Å². The number of piperidine rings is 1. The van der Waals surface area contributed by atoms with Crippen molar-refractivity contribution in [3.8, 4) is 0 Å². The lowest BCUT2D eigenvalue weighted by molar-refractivity contribution is 0.138. The molecular weight excluding hydrogens is 279 g/mol. The van der Waals surface area contributed by atoms with Crippen molar-refractivity contribution in [1.29, 1.82) is 0 Å². The Morgan fingerprint density at radius 3 is 2.95 bits per heavy atom. The largest absolute Gasteiger partial charge is 0.315 e. The van der Waals surface area contributed by atoms with E-state index in [1.807, 2.05) is 18.2 Å². The Morgan fingerprint density at radius 2 is 2.16 bits per heavy atom. The van der Waals surface area contributed by atoms with Gasteiger partial charge in [-0.2, -0.15) is 0 Å². The van der Waals surface area contributed by atoms with Crippen LogP contribution in [0.4, 0.5) is 0 Å². The minimum atomic E-state index is 0.615. The second kappa shape index (κ2) is 7.49. The van der Waals surface area contributed by atoms with Crippen molar-refractivity contribution in [2.24, 2.45) is 0 Å². The molecule has 1 N–H and O–H groups in total. The van der Waals surface area contributed by atoms with E-state index in [2.05, 4.69) is 17.1 Å². The first-order valence-electron chi connectivity index (χ1n) is 7.09. The van der Waals surface area contributed by atoms with Crippen LogP contribution in [0.15, 0.2) is 18.2 Å². The first-order chi connectivity index (χ1) is 9.20. The zero-order valence-corrected chi connectivity index (χ0v) is 13.0. The summed E-state index contributed by atoms with van der Waals surface area (Å²) in [5, 5.41) is 5.04. The van der Waals surface area contributed by atoms with E-state index < -0.39 is 0 Å². The molecule has 1 aliphatic rings. The lowest BCUT2D eigenvalue weighted by atomic mass is 10.0. The fraction of sp³-hybridized carbons (Fsp3) is 0.600. The summed E-state index contributed by atoms with van der Waals surface area (Å²) >= 11 is 12.3. The van der Waals surface area contributed by atoms with Crippen molar-refractivity contribution < 1.29 is 0 Å². The molecule has 0 aromatic heterocycles. The third kappa shape index (κ3) is 4.35. The summed E-state index contributed by atoms with van der Waals surface area (Å²) in [5.74, 6) is 0. The van der Waals surface area contributed by atoms with Gasteiger partial charge in [0.15, 0.2) is 0 Å². The number of nitrogens with zero attached hydrogens (tertiary/aromatic N) is 1. The lowest BCUT2D eigenvalue weighted by Crippen LogP contribution is -2.44. The fourth-order valence-corrected chi connectivity index (χ4v) is 3.07. The summed E-state index contributed by atoms with van der Waals surface area (Å²) in [6.45, 7) is 6.30. The van der Waals surface area contributed by atoms with Gasteiger partial charge in [-0.1, -0.05) is 36.5 Å². The van der Waals surface area contributed by atoms with Crippen LogP contribution in [0, 0.1) is 0 Å². The van der Waals surface area contributed by atoms with E-state index in [-0.39, 0.29) is 0 Å². The number of benzene rings is 1. The van der Waals surface area contributed by atoms with E-state index in [1.54, 1.807) is 0 Å². The zero-order chi connectivity index (χ0) is 13.7. The Hall–Kier alpha value is -0.280. The van der Waals surface area contributed by atoms with Crippen molar-refractivity contribution in [3.63, 3.8) is 0 Å². The van der Waals surface area contributed by atoms with E-state index in [1.165, 1.54) is 19.3 Å². The highest BCUT2D eigenvalue weighted by Crippen LogP contribution is 2.25. The van der Waals surface area contributed by atoms with Gasteiger partial charge in [-0.15, -0.1) is 0 Å². The SMILES string of the molecule is CCNCC1CCCCN1Cc1cc(Cl)ccc1Cl. The molecule has 1 aromatic rings. The molecule has 0 saturated carbocycles. The van der Waals surface area contributed by atoms with Crippen molar-refractivity contribution in [1.82, 2.24) is 10.2 Å². The number of likely N-dealkylation sites (tertiary alicyclic amines) is 1. The van der Waals surface area contributed by atoms with Gasteiger partial charge in [-0.05, 0) is 49.7 Å². The molecule has 0 bridgehead atoms. The predicted molar refractivity (Wildman–Crippen MR) is 83.1 cm³/mol. The summed E-state index contributed by atoms with van der Waals surface area (Å²) in [4.78, 5) is 2.53. The topological polar surface area (TPSA) is 15.3 Å². The highest BCUT2D eigenvalue weighted by atomic mass is 35.5. The van der Waals surface area contributed by atoms with E-state index in [0.29, 0.717) is 6.04 Å². The third-order valence-corrected chi connectivity index (χ3v) is 4.36. The van der Waals surface area contributed by atoms with Gasteiger partial charge in [0.25, 0.3) is 0 Å². The Bertz CT molecular complexity index is 409. The fourth-order valence-electron chi connectivity index (χ4n) is 2.69. The normalized spacial score (nSPS) is 20.7. The Morgan fingerprint density at radius 1 is 1.32 bits per heavy atom. The molecule has 4 heteroatoms. The third-order valence-electron chi connectivity index (χ3n) is 3.76. The highest BCUT2D eigenvalue weighted by Gasteiger charge is 2.22. The van der Waals surface area contributed by atoms with Crippen LogP contribution in [0.3, 0.4) is 0 Å². The van der Waals surface area contributed by atoms with Gasteiger partial charge < -0.3 is 5.32 Å². The van der Waals surface area contributed by atoms with Crippen LogP contribution in [0.2, 0.25) is 10.0 Å². The maximum absolute atomic E-state index is 6.27. The van der Waals surface area contributed by atoms with Crippen LogP contribution < -0.4 is 5.32 Å². The van der Waals surface area contributed by atoms with E-state index in [0.717, 1.165) is 41.8 Å². The quantitative estimate of drug-likeness (QED) is 0.885. The zero-order valence-electron chi connectivity index (χ0n) is 11.5. The van der Waals surface area contributed by atoms with Gasteiger partial charge in [0.1, 0.15) is 0 Å². The van der Waals surface area contributed by atoms with Crippen LogP contribution in [-0.2, 0) is 6.54 Å². The predicted octanol–water partition coefficient (Wildman–Crippen LogP) is 3.96. The van der Waals surface area contributed by atoms with Crippen LogP contribution in [-0.4, -0.2) is 30.6 Å². The first-order valence-corrected chi connectivity index (χ1v) is 7.85. The van der Waals surface area contributed by atoms with E-state index in [4.69, 9.17) is 23.2 Å². The summed E-state index contributed by atoms with van der Waals surface area (Å²) in [7, 11) is 0. The molecule has 106 valence electrons. The number of rotatable bonds is 5. The van der Waals surface area contributed by atoms with Gasteiger partial charge in [0, 0.05) is 29.2 Å². The lowest BCUT2D eigenvalue weighted by Gasteiger charge is -2.36. The molecule has 0 radical (unpaired) electrons. The number of hydrogen-bond donors (Lipinski definition) is 1. The molecule has 1 aliphatic heterocycles. The van der Waals surface area contributed by atoms with Crippen molar-refractivity contribution >= 4 is 23.2 Å². The number of likely N-dealkylation sites (N-methyl/N-ethyl adjacent to an activating group) is 1. The number of nitrogens with one attached hydrogen (secondary N) is 1. The van der Waals surface area contributed by atoms with Crippen molar-refractivity contribution in [2.75, 3.05) is 19.6 Å². The standard InChI is InChI=1S/C15H22Cl2N2/c1-2-18-10-14-5-3-4-8-19(14)11-12-9-13(16)6-7-15(12)17/h6-7,9,14,18H,2-5,8,10-11H2,1H3. The van der Waals surface area contributed by atoms with E-state index >= 15 is 0 Å². The molecule has 2 rings (SSSR count). The van der Waals surface area contributed by atoms with Crippen LogP contribution >= 0.6 is 23.2 Å². The molecule has 1 aromatic carbocycles. The Labute approximate surface area is 126 Å². The molecule has 1 unspecified atom stereocenters. The summed E-state index contributed by atoms with van der Waals surface area (Å²) < 4.78 is 0. The molecule has 1 saturated heterocycles. The molecule has 0 amide bonds. The maximum Gasteiger partial charge on any atom is 0.0452 e. The van der Waals surface area contributed by atoms with Crippen LogP contribution in [0.1, 0.15) is 31.7 Å². The van der Waals surface area contributed by atoms with Crippen LogP contribution in [0.25, 0.3) is 0 Å². The van der Waals surface area contributed by atoms with Gasteiger partial charge in [-0.25, -0.2) is 0 Å². The average Bonchev–Trinajstić information content (AvgIpc) is 2.42. The first kappa shape index (κ1) is 15.1. The maximum atomic E-state index is 6.27. The highest BCUT2D eigenvalue weighted by molar-refractivity contribution is 6.33. The molecule has 1 atom stereocenters. The number of hydrogen-bond acceptors (Lipinski definition) is 2.